The average Bonchev–Trinajstić information content (AvgIpc) is 1.19. The largest absolute Gasteiger partial charge is 1.00 e. The van der Waals surface area contributed by atoms with E-state index in [4.69, 9.17) is 62.1 Å². The second-order valence-electron chi connectivity index (χ2n) is 21.9. The lowest BCUT2D eigenvalue weighted by Crippen LogP contribution is -3.00. The van der Waals surface area contributed by atoms with Gasteiger partial charge in [-0.05, 0) is 94.8 Å². The maximum absolute atomic E-state index is 15.0. The minimum Gasteiger partial charge on any atom is -1.00 e. The summed E-state index contributed by atoms with van der Waals surface area (Å²) in [5, 5.41) is 7.27. The Morgan fingerprint density at radius 3 is 0.693 bits per heavy atom. The van der Waals surface area contributed by atoms with Gasteiger partial charge in [-0.3, -0.25) is 0 Å². The molecule has 0 aromatic heterocycles. The molecule has 1 aliphatic heterocycles. The summed E-state index contributed by atoms with van der Waals surface area (Å²) in [6.07, 6.45) is 1.37. The standard InChI is InChI=1S/C38H40F6NO6.C32H26Br2F6O6.C2H3N.BrH/c1-9-11-45(12-10-2)17-21-27(19-13-23(39)31(43)24(40)14-19)33(46-3)37(50-7)35(48-5)29(21)30-22(18-45)28(20-15-25(41)32(44)26(42)16-20)34(47-4)38(51-8)36(30)49-6;1-41-27-21(13-7-17(35)25(39)18(36)8-13)15(11-33)23(29(43-3)31(27)45-5)24-16(12-34)22(14-9-19(37)26(40)20(38)10-14)28(42-2)32(46-6)30(24)44-4;1-2-3;/h13-16H,9-12,17-18H2,1-8H3;7-10H,11-12H2,1-6H3;1H3;1H/q+1;;;/p-1. The van der Waals surface area contributed by atoms with Crippen molar-refractivity contribution in [2.24, 2.45) is 0 Å². The smallest absolute Gasteiger partial charge is 0.204 e. The molecule has 0 saturated heterocycles. The van der Waals surface area contributed by atoms with Gasteiger partial charge in [0.25, 0.3) is 0 Å². The third-order valence-corrected chi connectivity index (χ3v) is 17.7. The van der Waals surface area contributed by atoms with Crippen LogP contribution in [0.3, 0.4) is 0 Å². The number of fused-ring (bicyclic) bond motifs is 3. The first-order valence-corrected chi connectivity index (χ1v) is 32.3. The minimum absolute atomic E-state index is 0. The Hall–Kier alpha value is -8.59. The van der Waals surface area contributed by atoms with Gasteiger partial charge in [0.2, 0.25) is 23.0 Å². The molecule has 0 atom stereocenters. The molecular formula is C72H69Br3F12N2O12. The van der Waals surface area contributed by atoms with E-state index in [1.807, 2.05) is 13.8 Å². The lowest BCUT2D eigenvalue weighted by Gasteiger charge is -2.39. The lowest BCUT2D eigenvalue weighted by molar-refractivity contribution is -0.953. The molecule has 544 valence electrons. The molecule has 9 rings (SSSR count). The lowest BCUT2D eigenvalue weighted by atomic mass is 9.84. The van der Waals surface area contributed by atoms with Gasteiger partial charge in [0.15, 0.2) is 116 Å². The van der Waals surface area contributed by atoms with E-state index in [2.05, 4.69) is 31.9 Å². The fraction of sp³-hybridized carbons (Fsp3) is 0.319. The Kier molecular flexibility index (Phi) is 28.1. The monoisotopic (exact) mass is 1620 g/mol. The molecule has 0 amide bonds. The van der Waals surface area contributed by atoms with E-state index in [1.54, 1.807) is 6.07 Å². The Labute approximate surface area is 603 Å². The van der Waals surface area contributed by atoms with Crippen LogP contribution in [-0.2, 0) is 23.7 Å². The predicted octanol–water partition coefficient (Wildman–Crippen LogP) is 16.1. The number of halogens is 15. The molecule has 0 N–H and O–H groups in total. The zero-order chi connectivity index (χ0) is 74.1. The molecule has 1 heterocycles. The molecule has 0 aliphatic carbocycles. The molecule has 0 fully saturated rings. The van der Waals surface area contributed by atoms with Gasteiger partial charge in [0, 0.05) is 73.2 Å². The number of benzene rings is 8. The number of hydrogen-bond acceptors (Lipinski definition) is 13. The SMILES string of the molecule is CC#N.CCC[N+]1(CCC)Cc2c(-c3cc(F)c(F)c(F)c3)c(OC)c(OC)c(OC)c2-c2c(c(-c3cc(F)c(F)c(F)c3)c(OC)c(OC)c2OC)C1.COc1c(OC)c(-c2cc(F)c(F)c(F)c2)c(CBr)c(-c2c(CBr)c(-c3cc(F)c(F)c(F)c3)c(OC)c(OC)c2OC)c1OC.[Br-]. The van der Waals surface area contributed by atoms with Crippen LogP contribution in [0.4, 0.5) is 52.7 Å². The van der Waals surface area contributed by atoms with Crippen LogP contribution in [0.2, 0.25) is 0 Å². The summed E-state index contributed by atoms with van der Waals surface area (Å²) >= 11 is 6.93. The van der Waals surface area contributed by atoms with Gasteiger partial charge in [-0.25, -0.2) is 52.7 Å². The maximum Gasteiger partial charge on any atom is 0.204 e. The molecule has 0 saturated carbocycles. The summed E-state index contributed by atoms with van der Waals surface area (Å²) in [5.74, 6) is -17.6. The van der Waals surface area contributed by atoms with Crippen LogP contribution in [0.15, 0.2) is 48.5 Å². The van der Waals surface area contributed by atoms with Crippen molar-refractivity contribution in [3.8, 4) is 142 Å². The Balaban J connectivity index is 0.000000305. The molecule has 0 radical (unpaired) electrons. The first-order valence-electron chi connectivity index (χ1n) is 30.1. The van der Waals surface area contributed by atoms with Gasteiger partial charge in [-0.15, -0.1) is 0 Å². The van der Waals surface area contributed by atoms with Crippen molar-refractivity contribution in [3.05, 3.63) is 141 Å². The molecule has 29 heteroatoms. The number of quaternary nitrogens is 1. The number of rotatable bonds is 23. The van der Waals surface area contributed by atoms with Crippen molar-refractivity contribution in [2.75, 3.05) is 98.4 Å². The van der Waals surface area contributed by atoms with E-state index in [1.165, 1.54) is 92.2 Å². The van der Waals surface area contributed by atoms with Gasteiger partial charge in [-0.1, -0.05) is 45.7 Å². The molecule has 14 nitrogen and oxygen atoms in total. The van der Waals surface area contributed by atoms with Crippen molar-refractivity contribution in [3.63, 3.8) is 0 Å². The summed E-state index contributed by atoms with van der Waals surface area (Å²) in [7, 11) is 16.1. The number of hydrogen-bond donors (Lipinski definition) is 0. The predicted molar refractivity (Wildman–Crippen MR) is 358 cm³/mol. The van der Waals surface area contributed by atoms with E-state index in [0.29, 0.717) is 52.7 Å². The van der Waals surface area contributed by atoms with Crippen LogP contribution < -0.4 is 73.8 Å². The van der Waals surface area contributed by atoms with E-state index in [0.717, 1.165) is 48.5 Å². The minimum atomic E-state index is -1.67. The van der Waals surface area contributed by atoms with Gasteiger partial charge < -0.3 is 78.3 Å². The zero-order valence-electron chi connectivity index (χ0n) is 57.2. The maximum atomic E-state index is 15.0. The van der Waals surface area contributed by atoms with Gasteiger partial charge >= 0.3 is 0 Å². The van der Waals surface area contributed by atoms with Crippen LogP contribution in [0.5, 0.6) is 69.0 Å². The number of ether oxygens (including phenoxy) is 12. The summed E-state index contributed by atoms with van der Waals surface area (Å²) in [4.78, 5) is 0. The van der Waals surface area contributed by atoms with Crippen LogP contribution >= 0.6 is 31.9 Å². The highest BCUT2D eigenvalue weighted by atomic mass is 79.9. The quantitative estimate of drug-likeness (QED) is 0.0260. The highest BCUT2D eigenvalue weighted by molar-refractivity contribution is 9.08. The fourth-order valence-electron chi connectivity index (χ4n) is 13.0. The summed E-state index contributed by atoms with van der Waals surface area (Å²) in [5.41, 5.74) is 2.84. The first-order chi connectivity index (χ1) is 47.8. The molecule has 8 aromatic carbocycles. The summed E-state index contributed by atoms with van der Waals surface area (Å²) < 4.78 is 246. The first kappa shape index (κ1) is 81.4. The summed E-state index contributed by atoms with van der Waals surface area (Å²) in [6.45, 7) is 6.98. The van der Waals surface area contributed by atoms with E-state index in [9.17, 15) is 35.1 Å². The number of nitriles is 1. The van der Waals surface area contributed by atoms with Crippen LogP contribution in [0.1, 0.15) is 55.9 Å². The van der Waals surface area contributed by atoms with Crippen molar-refractivity contribution in [2.45, 2.75) is 57.4 Å². The zero-order valence-corrected chi connectivity index (χ0v) is 62.0. The molecular weight excluding hydrogens is 1550 g/mol. The number of nitrogens with zero attached hydrogens (tertiary/aromatic N) is 2. The third-order valence-electron chi connectivity index (χ3n) is 16.6. The Bertz CT molecular complexity index is 4100. The molecule has 0 spiro atoms. The van der Waals surface area contributed by atoms with Gasteiger partial charge in [0.05, 0.1) is 104 Å². The molecule has 8 aromatic rings. The Morgan fingerprint density at radius 2 is 0.505 bits per heavy atom. The Morgan fingerprint density at radius 1 is 0.327 bits per heavy atom. The van der Waals surface area contributed by atoms with E-state index in [-0.39, 0.29) is 176 Å². The highest BCUT2D eigenvalue weighted by Gasteiger charge is 2.45. The van der Waals surface area contributed by atoms with Crippen LogP contribution in [0, 0.1) is 81.1 Å². The third kappa shape index (κ3) is 14.9. The molecule has 1 aliphatic rings. The molecule has 101 heavy (non-hydrogen) atoms. The average molecular weight is 1620 g/mol. The second-order valence-corrected chi connectivity index (χ2v) is 23.0. The van der Waals surface area contributed by atoms with Gasteiger partial charge in [-0.2, -0.15) is 5.26 Å². The van der Waals surface area contributed by atoms with E-state index < -0.39 is 69.8 Å². The fourth-order valence-corrected chi connectivity index (χ4v) is 14.1. The summed E-state index contributed by atoms with van der Waals surface area (Å²) in [6, 6.07) is 8.45. The van der Waals surface area contributed by atoms with Crippen molar-refractivity contribution in [1.29, 1.82) is 5.26 Å². The molecule has 0 unspecified atom stereocenters. The number of methoxy groups -OCH3 is 12. The van der Waals surface area contributed by atoms with Crippen molar-refractivity contribution < 1.29 is 131 Å². The topological polar surface area (TPSA) is 135 Å². The normalized spacial score (nSPS) is 11.8. The molecule has 0 bridgehead atoms. The highest BCUT2D eigenvalue weighted by Crippen LogP contribution is 2.64. The van der Waals surface area contributed by atoms with Crippen LogP contribution in [-0.4, -0.2) is 103 Å². The van der Waals surface area contributed by atoms with Crippen LogP contribution in [0.25, 0.3) is 66.8 Å². The van der Waals surface area contributed by atoms with E-state index >= 15 is 17.6 Å². The van der Waals surface area contributed by atoms with Crippen molar-refractivity contribution in [1.82, 2.24) is 0 Å². The second kappa shape index (κ2) is 34.9. The van der Waals surface area contributed by atoms with Gasteiger partial charge in [0.1, 0.15) is 13.1 Å². The number of alkyl halides is 2. The van der Waals surface area contributed by atoms with Crippen molar-refractivity contribution >= 4 is 31.9 Å².